The predicted octanol–water partition coefficient (Wildman–Crippen LogP) is 4.19. The average Bonchev–Trinajstić information content (AvgIpc) is 2.44. The maximum Gasteiger partial charge on any atom is 0.161 e. The molecule has 1 N–H and O–H groups in total. The van der Waals surface area contributed by atoms with E-state index in [1.807, 2.05) is 6.92 Å². The van der Waals surface area contributed by atoms with Crippen LogP contribution in [0.5, 0.6) is 0 Å². The normalized spacial score (nSPS) is 10.7. The molecule has 20 heavy (non-hydrogen) atoms. The van der Waals surface area contributed by atoms with Crippen molar-refractivity contribution < 1.29 is 4.39 Å². The average molecular weight is 385 g/mol. The fourth-order valence-electron chi connectivity index (χ4n) is 1.93. The van der Waals surface area contributed by atoms with E-state index in [1.54, 1.807) is 19.1 Å². The fourth-order valence-corrected chi connectivity index (χ4v) is 2.74. The third-order valence-electron chi connectivity index (χ3n) is 3.02. The molecule has 1 aromatic heterocycles. The molecule has 0 bridgehead atoms. The predicted molar refractivity (Wildman–Crippen MR) is 88.4 cm³/mol. The highest BCUT2D eigenvalue weighted by Crippen LogP contribution is 2.25. The lowest BCUT2D eigenvalue weighted by Crippen LogP contribution is -2.07. The Labute approximate surface area is 132 Å². The summed E-state index contributed by atoms with van der Waals surface area (Å²) in [5.41, 5.74) is 2.45. The van der Waals surface area contributed by atoms with Crippen molar-refractivity contribution in [3.05, 3.63) is 38.8 Å². The molecular formula is C15H17FIN3. The van der Waals surface area contributed by atoms with Crippen LogP contribution in [-0.2, 0) is 6.42 Å². The van der Waals surface area contributed by atoms with E-state index in [-0.39, 0.29) is 5.82 Å². The van der Waals surface area contributed by atoms with Crippen LogP contribution in [0.3, 0.4) is 0 Å². The standard InChI is InChI=1S/C15H17FIN3/c1-4-12-13(17)15(18-5-2)20-14(19-12)10-6-7-11(16)9(3)8-10/h6-8H,4-5H2,1-3H3,(H,18,19,20). The minimum atomic E-state index is -0.207. The SMILES string of the molecule is CCNc1nc(-c2ccc(F)c(C)c2)nc(CC)c1I. The maximum absolute atomic E-state index is 13.4. The number of rotatable bonds is 4. The summed E-state index contributed by atoms with van der Waals surface area (Å²) in [4.78, 5) is 9.15. The molecule has 0 saturated carbocycles. The minimum Gasteiger partial charge on any atom is -0.369 e. The van der Waals surface area contributed by atoms with E-state index in [1.165, 1.54) is 6.07 Å². The summed E-state index contributed by atoms with van der Waals surface area (Å²) < 4.78 is 14.4. The third-order valence-corrected chi connectivity index (χ3v) is 4.15. The Balaban J connectivity index is 2.55. The van der Waals surface area contributed by atoms with Gasteiger partial charge < -0.3 is 5.32 Å². The van der Waals surface area contributed by atoms with Gasteiger partial charge in [0.2, 0.25) is 0 Å². The quantitative estimate of drug-likeness (QED) is 0.803. The molecule has 2 aromatic rings. The van der Waals surface area contributed by atoms with Crippen LogP contribution in [0, 0.1) is 16.3 Å². The van der Waals surface area contributed by atoms with Gasteiger partial charge in [0, 0.05) is 12.1 Å². The van der Waals surface area contributed by atoms with Crippen LogP contribution in [0.15, 0.2) is 18.2 Å². The van der Waals surface area contributed by atoms with Gasteiger partial charge in [-0.2, -0.15) is 0 Å². The molecule has 0 aliphatic heterocycles. The molecule has 0 aliphatic carbocycles. The molecule has 0 fully saturated rings. The van der Waals surface area contributed by atoms with E-state index in [0.29, 0.717) is 11.4 Å². The van der Waals surface area contributed by atoms with Crippen LogP contribution in [0.2, 0.25) is 0 Å². The van der Waals surface area contributed by atoms with Crippen LogP contribution >= 0.6 is 22.6 Å². The van der Waals surface area contributed by atoms with E-state index in [4.69, 9.17) is 0 Å². The van der Waals surface area contributed by atoms with Gasteiger partial charge in [-0.1, -0.05) is 6.92 Å². The van der Waals surface area contributed by atoms with Gasteiger partial charge in [-0.25, -0.2) is 14.4 Å². The number of aromatic nitrogens is 2. The number of nitrogens with one attached hydrogen (secondary N) is 1. The van der Waals surface area contributed by atoms with E-state index in [0.717, 1.165) is 33.6 Å². The van der Waals surface area contributed by atoms with Crippen molar-refractivity contribution in [3.8, 4) is 11.4 Å². The first-order chi connectivity index (χ1) is 9.56. The number of hydrogen-bond donors (Lipinski definition) is 1. The summed E-state index contributed by atoms with van der Waals surface area (Å²) in [6.07, 6.45) is 0.840. The Kier molecular flexibility index (Phi) is 4.91. The summed E-state index contributed by atoms with van der Waals surface area (Å²) in [6, 6.07) is 4.97. The second-order valence-electron chi connectivity index (χ2n) is 4.50. The van der Waals surface area contributed by atoms with E-state index < -0.39 is 0 Å². The molecule has 0 radical (unpaired) electrons. The van der Waals surface area contributed by atoms with Crippen molar-refractivity contribution in [1.82, 2.24) is 9.97 Å². The number of hydrogen-bond acceptors (Lipinski definition) is 3. The molecule has 0 saturated heterocycles. The summed E-state index contributed by atoms with van der Waals surface area (Å²) in [5, 5.41) is 3.25. The molecule has 1 heterocycles. The second-order valence-corrected chi connectivity index (χ2v) is 5.58. The van der Waals surface area contributed by atoms with Crippen LogP contribution in [-0.4, -0.2) is 16.5 Å². The van der Waals surface area contributed by atoms with Crippen molar-refractivity contribution in [2.24, 2.45) is 0 Å². The Hall–Kier alpha value is -1.24. The second kappa shape index (κ2) is 6.47. The first kappa shape index (κ1) is 15.2. The van der Waals surface area contributed by atoms with Crippen molar-refractivity contribution in [3.63, 3.8) is 0 Å². The van der Waals surface area contributed by atoms with Crippen LogP contribution in [0.4, 0.5) is 10.2 Å². The van der Waals surface area contributed by atoms with Crippen LogP contribution < -0.4 is 5.32 Å². The van der Waals surface area contributed by atoms with Crippen molar-refractivity contribution in [1.29, 1.82) is 0 Å². The highest BCUT2D eigenvalue weighted by atomic mass is 127. The molecule has 0 unspecified atom stereocenters. The van der Waals surface area contributed by atoms with Gasteiger partial charge in [0.05, 0.1) is 9.26 Å². The molecule has 5 heteroatoms. The first-order valence-electron chi connectivity index (χ1n) is 6.63. The van der Waals surface area contributed by atoms with Crippen LogP contribution in [0.25, 0.3) is 11.4 Å². The highest BCUT2D eigenvalue weighted by Gasteiger charge is 2.12. The monoisotopic (exact) mass is 385 g/mol. The number of halogens is 2. The minimum absolute atomic E-state index is 0.207. The van der Waals surface area contributed by atoms with Crippen LogP contribution in [0.1, 0.15) is 25.1 Å². The lowest BCUT2D eigenvalue weighted by molar-refractivity contribution is 0.618. The molecule has 1 aromatic carbocycles. The van der Waals surface area contributed by atoms with Crippen molar-refractivity contribution in [2.75, 3.05) is 11.9 Å². The number of anilines is 1. The van der Waals surface area contributed by atoms with Gasteiger partial charge in [-0.05, 0) is 66.6 Å². The molecule has 2 rings (SSSR count). The van der Waals surface area contributed by atoms with E-state index in [9.17, 15) is 4.39 Å². The first-order valence-corrected chi connectivity index (χ1v) is 7.71. The Morgan fingerprint density at radius 2 is 2.00 bits per heavy atom. The topological polar surface area (TPSA) is 37.8 Å². The molecule has 0 spiro atoms. The van der Waals surface area contributed by atoms with Crippen molar-refractivity contribution in [2.45, 2.75) is 27.2 Å². The number of nitrogens with zero attached hydrogens (tertiary/aromatic N) is 2. The van der Waals surface area contributed by atoms with Gasteiger partial charge >= 0.3 is 0 Å². The zero-order chi connectivity index (χ0) is 14.7. The molecule has 3 nitrogen and oxygen atoms in total. The summed E-state index contributed by atoms with van der Waals surface area (Å²) in [7, 11) is 0. The zero-order valence-electron chi connectivity index (χ0n) is 11.8. The highest BCUT2D eigenvalue weighted by molar-refractivity contribution is 14.1. The third kappa shape index (κ3) is 3.08. The van der Waals surface area contributed by atoms with Gasteiger partial charge in [0.1, 0.15) is 11.6 Å². The molecule has 106 valence electrons. The van der Waals surface area contributed by atoms with Gasteiger partial charge in [0.15, 0.2) is 5.82 Å². The van der Waals surface area contributed by atoms with Gasteiger partial charge in [0.25, 0.3) is 0 Å². The van der Waals surface area contributed by atoms with Gasteiger partial charge in [-0.15, -0.1) is 0 Å². The zero-order valence-corrected chi connectivity index (χ0v) is 14.0. The Morgan fingerprint density at radius 1 is 1.25 bits per heavy atom. The van der Waals surface area contributed by atoms with E-state index >= 15 is 0 Å². The molecule has 0 aliphatic rings. The fraction of sp³-hybridized carbons (Fsp3) is 0.333. The lowest BCUT2D eigenvalue weighted by Gasteiger charge is -2.11. The maximum atomic E-state index is 13.4. The molecule has 0 amide bonds. The summed E-state index contributed by atoms with van der Waals surface area (Å²) in [5.74, 6) is 1.28. The van der Waals surface area contributed by atoms with Crippen molar-refractivity contribution >= 4 is 28.4 Å². The summed E-state index contributed by atoms with van der Waals surface area (Å²) >= 11 is 2.26. The van der Waals surface area contributed by atoms with E-state index in [2.05, 4.69) is 44.8 Å². The largest absolute Gasteiger partial charge is 0.369 e. The molecular weight excluding hydrogens is 368 g/mol. The van der Waals surface area contributed by atoms with Gasteiger partial charge in [-0.3, -0.25) is 0 Å². The Morgan fingerprint density at radius 3 is 2.60 bits per heavy atom. The summed E-state index contributed by atoms with van der Waals surface area (Å²) in [6.45, 7) is 6.65. The Bertz CT molecular complexity index is 629. The number of benzene rings is 1. The lowest BCUT2D eigenvalue weighted by atomic mass is 10.1. The molecule has 0 atom stereocenters. The number of aryl methyl sites for hydroxylation is 2. The smallest absolute Gasteiger partial charge is 0.161 e.